The summed E-state index contributed by atoms with van der Waals surface area (Å²) in [6.45, 7) is 4.10. The van der Waals surface area contributed by atoms with Gasteiger partial charge in [0.25, 0.3) is 5.91 Å². The second kappa shape index (κ2) is 11.4. The van der Waals surface area contributed by atoms with E-state index in [2.05, 4.69) is 10.2 Å². The van der Waals surface area contributed by atoms with Crippen LogP contribution in [0, 0.1) is 0 Å². The van der Waals surface area contributed by atoms with Gasteiger partial charge in [-0.2, -0.15) is 0 Å². The Morgan fingerprint density at radius 2 is 1.78 bits per heavy atom. The number of hydrogen-bond acceptors (Lipinski definition) is 6. The molecule has 1 aromatic carbocycles. The van der Waals surface area contributed by atoms with Crippen LogP contribution in [0.15, 0.2) is 24.3 Å². The first-order chi connectivity index (χ1) is 13.1. The lowest BCUT2D eigenvalue weighted by Gasteiger charge is -2.34. The summed E-state index contributed by atoms with van der Waals surface area (Å²) in [7, 11) is 3.21. The molecule has 0 radical (unpaired) electrons. The minimum Gasteiger partial charge on any atom is -0.493 e. The number of hydrogen-bond donors (Lipinski definition) is 1. The second-order valence-corrected chi connectivity index (χ2v) is 6.29. The number of ether oxygens (including phenoxy) is 3. The highest BCUT2D eigenvalue weighted by Crippen LogP contribution is 2.25. The molecule has 1 aromatic rings. The molecule has 1 aliphatic rings. The van der Waals surface area contributed by atoms with Gasteiger partial charge >= 0.3 is 0 Å². The Morgan fingerprint density at radius 3 is 2.44 bits per heavy atom. The summed E-state index contributed by atoms with van der Waals surface area (Å²) in [5, 5.41) is 2.88. The summed E-state index contributed by atoms with van der Waals surface area (Å²) in [6, 6.07) is 7.25. The van der Waals surface area contributed by atoms with Crippen LogP contribution in [0.3, 0.4) is 0 Å². The van der Waals surface area contributed by atoms with Gasteiger partial charge in [0.1, 0.15) is 0 Å². The lowest BCUT2D eigenvalue weighted by Crippen LogP contribution is -2.52. The predicted molar refractivity (Wildman–Crippen MR) is 101 cm³/mol. The SMILES string of the molecule is COCCCNC(=O)CN1CCN(C(=O)COc2ccccc2OC)CC1. The minimum atomic E-state index is -0.0652. The first-order valence-corrected chi connectivity index (χ1v) is 9.15. The summed E-state index contributed by atoms with van der Waals surface area (Å²) in [5.41, 5.74) is 0. The third-order valence-corrected chi connectivity index (χ3v) is 4.36. The Kier molecular flexibility index (Phi) is 8.86. The first kappa shape index (κ1) is 21.0. The molecule has 2 amide bonds. The maximum absolute atomic E-state index is 12.4. The van der Waals surface area contributed by atoms with E-state index in [1.165, 1.54) is 0 Å². The van der Waals surface area contributed by atoms with E-state index in [0.717, 1.165) is 6.42 Å². The van der Waals surface area contributed by atoms with Crippen LogP contribution in [-0.4, -0.2) is 88.3 Å². The molecule has 1 N–H and O–H groups in total. The summed E-state index contributed by atoms with van der Waals surface area (Å²) < 4.78 is 15.8. The summed E-state index contributed by atoms with van der Waals surface area (Å²) in [4.78, 5) is 28.1. The standard InChI is InChI=1S/C19H29N3O5/c1-25-13-5-8-20-18(23)14-21-9-11-22(12-10-21)19(24)15-27-17-7-4-3-6-16(17)26-2/h3-4,6-7H,5,8-15H2,1-2H3,(H,20,23). The van der Waals surface area contributed by atoms with Crippen LogP contribution in [0.25, 0.3) is 0 Å². The van der Waals surface area contributed by atoms with Gasteiger partial charge in [0.15, 0.2) is 18.1 Å². The second-order valence-electron chi connectivity index (χ2n) is 6.29. The zero-order chi connectivity index (χ0) is 19.5. The van der Waals surface area contributed by atoms with Gasteiger partial charge in [-0.1, -0.05) is 12.1 Å². The van der Waals surface area contributed by atoms with Crippen LogP contribution < -0.4 is 14.8 Å². The van der Waals surface area contributed by atoms with Crippen molar-refractivity contribution >= 4 is 11.8 Å². The van der Waals surface area contributed by atoms with Crippen molar-refractivity contribution < 1.29 is 23.8 Å². The molecule has 0 unspecified atom stereocenters. The number of para-hydroxylation sites is 2. The number of nitrogens with one attached hydrogen (secondary N) is 1. The van der Waals surface area contributed by atoms with Crippen molar-refractivity contribution in [1.29, 1.82) is 0 Å². The van der Waals surface area contributed by atoms with Crippen molar-refractivity contribution in [2.75, 3.05) is 66.7 Å². The number of benzene rings is 1. The third-order valence-electron chi connectivity index (χ3n) is 4.36. The monoisotopic (exact) mass is 379 g/mol. The van der Waals surface area contributed by atoms with Crippen LogP contribution in [0.2, 0.25) is 0 Å². The van der Waals surface area contributed by atoms with Crippen molar-refractivity contribution in [1.82, 2.24) is 15.1 Å². The molecule has 0 aliphatic carbocycles. The number of methoxy groups -OCH3 is 2. The van der Waals surface area contributed by atoms with E-state index in [4.69, 9.17) is 14.2 Å². The average molecular weight is 379 g/mol. The lowest BCUT2D eigenvalue weighted by molar-refractivity contribution is -0.135. The van der Waals surface area contributed by atoms with E-state index in [0.29, 0.717) is 57.4 Å². The van der Waals surface area contributed by atoms with Gasteiger partial charge in [-0.3, -0.25) is 14.5 Å². The Bertz CT molecular complexity index is 603. The average Bonchev–Trinajstić information content (AvgIpc) is 2.70. The number of carbonyl (C=O) groups is 2. The van der Waals surface area contributed by atoms with Crippen LogP contribution in [-0.2, 0) is 14.3 Å². The van der Waals surface area contributed by atoms with Crippen LogP contribution in [0.1, 0.15) is 6.42 Å². The van der Waals surface area contributed by atoms with Gasteiger partial charge in [-0.05, 0) is 18.6 Å². The number of amides is 2. The maximum atomic E-state index is 12.4. The fraction of sp³-hybridized carbons (Fsp3) is 0.579. The highest BCUT2D eigenvalue weighted by Gasteiger charge is 2.22. The van der Waals surface area contributed by atoms with Crippen molar-refractivity contribution in [3.05, 3.63) is 24.3 Å². The summed E-state index contributed by atoms with van der Waals surface area (Å²) in [6.07, 6.45) is 0.802. The van der Waals surface area contributed by atoms with Gasteiger partial charge in [0.2, 0.25) is 5.91 Å². The van der Waals surface area contributed by atoms with E-state index >= 15 is 0 Å². The van der Waals surface area contributed by atoms with E-state index in [1.807, 2.05) is 12.1 Å². The van der Waals surface area contributed by atoms with Gasteiger partial charge in [0, 0.05) is 46.4 Å². The molecule has 0 aromatic heterocycles. The molecule has 1 heterocycles. The van der Waals surface area contributed by atoms with Crippen molar-refractivity contribution in [3.8, 4) is 11.5 Å². The van der Waals surface area contributed by atoms with Gasteiger partial charge in [0.05, 0.1) is 13.7 Å². The largest absolute Gasteiger partial charge is 0.493 e. The summed E-state index contributed by atoms with van der Waals surface area (Å²) >= 11 is 0. The number of piperazine rings is 1. The van der Waals surface area contributed by atoms with Crippen LogP contribution >= 0.6 is 0 Å². The first-order valence-electron chi connectivity index (χ1n) is 9.15. The zero-order valence-electron chi connectivity index (χ0n) is 16.1. The van der Waals surface area contributed by atoms with E-state index in [9.17, 15) is 9.59 Å². The molecule has 8 heteroatoms. The molecule has 1 aliphatic heterocycles. The number of carbonyl (C=O) groups excluding carboxylic acids is 2. The topological polar surface area (TPSA) is 80.3 Å². The van der Waals surface area contributed by atoms with Crippen LogP contribution in [0.5, 0.6) is 11.5 Å². The van der Waals surface area contributed by atoms with Crippen molar-refractivity contribution in [2.24, 2.45) is 0 Å². The molecule has 150 valence electrons. The van der Waals surface area contributed by atoms with E-state index in [-0.39, 0.29) is 18.4 Å². The predicted octanol–water partition coefficient (Wildman–Crippen LogP) is 0.371. The Morgan fingerprint density at radius 1 is 1.07 bits per heavy atom. The summed E-state index contributed by atoms with van der Waals surface area (Å²) in [5.74, 6) is 1.10. The van der Waals surface area contributed by atoms with Gasteiger partial charge in [-0.25, -0.2) is 0 Å². The molecule has 0 atom stereocenters. The molecule has 1 fully saturated rings. The minimum absolute atomic E-state index is 0.00499. The molecule has 8 nitrogen and oxygen atoms in total. The molecule has 1 saturated heterocycles. The van der Waals surface area contributed by atoms with E-state index < -0.39 is 0 Å². The van der Waals surface area contributed by atoms with Crippen molar-refractivity contribution in [3.63, 3.8) is 0 Å². The fourth-order valence-electron chi connectivity index (χ4n) is 2.83. The molecule has 0 bridgehead atoms. The smallest absolute Gasteiger partial charge is 0.260 e. The quantitative estimate of drug-likeness (QED) is 0.592. The van der Waals surface area contributed by atoms with Gasteiger partial charge in [-0.15, -0.1) is 0 Å². The molecule has 2 rings (SSSR count). The zero-order valence-corrected chi connectivity index (χ0v) is 16.1. The van der Waals surface area contributed by atoms with E-state index in [1.54, 1.807) is 31.3 Å². The molecule has 0 saturated carbocycles. The molecular formula is C19H29N3O5. The molecule has 0 spiro atoms. The number of nitrogens with zero attached hydrogens (tertiary/aromatic N) is 2. The Balaban J connectivity index is 1.67. The van der Waals surface area contributed by atoms with Crippen LogP contribution in [0.4, 0.5) is 0 Å². The Hall–Kier alpha value is -2.32. The highest BCUT2D eigenvalue weighted by atomic mass is 16.5. The molecule has 27 heavy (non-hydrogen) atoms. The lowest BCUT2D eigenvalue weighted by atomic mass is 10.3. The van der Waals surface area contributed by atoms with Gasteiger partial charge < -0.3 is 24.4 Å². The maximum Gasteiger partial charge on any atom is 0.260 e. The highest BCUT2D eigenvalue weighted by molar-refractivity contribution is 5.79. The molecular weight excluding hydrogens is 350 g/mol. The van der Waals surface area contributed by atoms with Crippen molar-refractivity contribution in [2.45, 2.75) is 6.42 Å². The third kappa shape index (κ3) is 7.07. The number of rotatable bonds is 10. The Labute approximate surface area is 160 Å². The normalized spacial score (nSPS) is 14.7. The fourth-order valence-corrected chi connectivity index (χ4v) is 2.83.